The van der Waals surface area contributed by atoms with Gasteiger partial charge in [-0.1, -0.05) is 50.1 Å². The third kappa shape index (κ3) is 7.37. The van der Waals surface area contributed by atoms with Gasteiger partial charge in [0.1, 0.15) is 40.4 Å². The third-order valence-corrected chi connectivity index (χ3v) is 6.96. The first kappa shape index (κ1) is 30.3. The minimum absolute atomic E-state index is 0.00460. The summed E-state index contributed by atoms with van der Waals surface area (Å²) in [6, 6.07) is 11.6. The van der Waals surface area contributed by atoms with Gasteiger partial charge in [-0.25, -0.2) is 22.0 Å². The molecular formula is C32H28F8O. The summed E-state index contributed by atoms with van der Waals surface area (Å²) in [6.07, 6.45) is -2.09. The van der Waals surface area contributed by atoms with Gasteiger partial charge in [-0.15, -0.1) is 0 Å². The fourth-order valence-corrected chi connectivity index (χ4v) is 4.77. The van der Waals surface area contributed by atoms with Crippen LogP contribution < -0.4 is 4.74 Å². The minimum Gasteiger partial charge on any atom is -0.493 e. The number of unbranched alkanes of at least 4 members (excludes halogenated alkanes) is 2. The summed E-state index contributed by atoms with van der Waals surface area (Å²) in [5.74, 6) is -5.24. The molecule has 218 valence electrons. The van der Waals surface area contributed by atoms with Crippen LogP contribution in [0.5, 0.6) is 5.75 Å². The molecule has 1 nitrogen and oxygen atoms in total. The molecule has 0 spiro atoms. The largest absolute Gasteiger partial charge is 0.493 e. The van der Waals surface area contributed by atoms with Crippen LogP contribution in [0.3, 0.4) is 0 Å². The molecule has 0 N–H and O–H groups in total. The normalized spacial score (nSPS) is 11.8. The van der Waals surface area contributed by atoms with E-state index in [4.69, 9.17) is 4.74 Å². The number of rotatable bonds is 11. The molecule has 0 atom stereocenters. The van der Waals surface area contributed by atoms with E-state index in [1.165, 1.54) is 18.2 Å². The maximum Gasteiger partial charge on any atom is 0.422 e. The number of hydrogen-bond donors (Lipinski definition) is 0. The van der Waals surface area contributed by atoms with Crippen molar-refractivity contribution in [2.45, 2.75) is 58.0 Å². The average molecular weight is 581 g/mol. The van der Waals surface area contributed by atoms with Gasteiger partial charge < -0.3 is 4.74 Å². The average Bonchev–Trinajstić information content (AvgIpc) is 2.89. The highest BCUT2D eigenvalue weighted by molar-refractivity contribution is 5.84. The van der Waals surface area contributed by atoms with E-state index in [1.54, 1.807) is 24.3 Å². The first-order chi connectivity index (χ1) is 19.5. The van der Waals surface area contributed by atoms with Crippen molar-refractivity contribution in [2.24, 2.45) is 0 Å². The molecule has 0 fully saturated rings. The highest BCUT2D eigenvalue weighted by Crippen LogP contribution is 2.34. The lowest BCUT2D eigenvalue weighted by atomic mass is 9.96. The summed E-state index contributed by atoms with van der Waals surface area (Å²) in [6.45, 7) is 2.43. The van der Waals surface area contributed by atoms with E-state index in [9.17, 15) is 30.7 Å². The Labute approximate surface area is 232 Å². The lowest BCUT2D eigenvalue weighted by molar-refractivity contribution is -0.142. The van der Waals surface area contributed by atoms with Crippen LogP contribution in [0.25, 0.3) is 10.8 Å². The van der Waals surface area contributed by atoms with Gasteiger partial charge in [-0.3, -0.25) is 0 Å². The first-order valence-corrected chi connectivity index (χ1v) is 13.3. The van der Waals surface area contributed by atoms with Crippen molar-refractivity contribution in [3.8, 4) is 5.75 Å². The molecular weight excluding hydrogens is 552 g/mol. The number of ether oxygens (including phenoxy) is 1. The van der Waals surface area contributed by atoms with Crippen molar-refractivity contribution in [1.82, 2.24) is 0 Å². The highest BCUT2D eigenvalue weighted by atomic mass is 19.4. The summed E-state index contributed by atoms with van der Waals surface area (Å²) in [7, 11) is 0. The zero-order valence-corrected chi connectivity index (χ0v) is 22.3. The Morgan fingerprint density at radius 1 is 0.659 bits per heavy atom. The van der Waals surface area contributed by atoms with Crippen molar-refractivity contribution >= 4 is 10.8 Å². The standard InChI is InChI=1S/C32H28F8O/c1-2-3-4-13-41-23-17-26(33)25(27(34)18-23)12-7-19-6-11-24-22(14-19)10-9-21(31(24)37)8-5-20-15-28(35)30(29(36)16-20)32(38,39)40/h6,9-11,14-18H,2-5,7-8,12-13H2,1H3. The van der Waals surface area contributed by atoms with Gasteiger partial charge in [0.15, 0.2) is 0 Å². The van der Waals surface area contributed by atoms with Gasteiger partial charge in [-0.2, -0.15) is 13.2 Å². The van der Waals surface area contributed by atoms with Gasteiger partial charge in [-0.05, 0) is 66.3 Å². The lowest BCUT2D eigenvalue weighted by Gasteiger charge is -2.12. The molecule has 0 aliphatic heterocycles. The molecule has 0 aliphatic rings. The number of fused-ring (bicyclic) bond motifs is 1. The van der Waals surface area contributed by atoms with E-state index in [1.807, 2.05) is 6.92 Å². The van der Waals surface area contributed by atoms with Crippen molar-refractivity contribution in [3.05, 3.63) is 112 Å². The molecule has 0 saturated carbocycles. The summed E-state index contributed by atoms with van der Waals surface area (Å²) < 4.78 is 116. The second kappa shape index (κ2) is 12.9. The van der Waals surface area contributed by atoms with Crippen LogP contribution in [0.4, 0.5) is 35.1 Å². The SMILES string of the molecule is CCCCCOc1cc(F)c(CCc2ccc3c(F)c(CCc4cc(F)c(C(F)(F)F)c(F)c4)ccc3c2)c(F)c1. The van der Waals surface area contributed by atoms with E-state index in [0.29, 0.717) is 30.5 Å². The van der Waals surface area contributed by atoms with Crippen molar-refractivity contribution in [2.75, 3.05) is 6.61 Å². The van der Waals surface area contributed by atoms with E-state index < -0.39 is 40.8 Å². The monoisotopic (exact) mass is 580 g/mol. The molecule has 0 radical (unpaired) electrons. The molecule has 0 saturated heterocycles. The predicted octanol–water partition coefficient (Wildman–Crippen LogP) is 9.69. The third-order valence-electron chi connectivity index (χ3n) is 6.96. The van der Waals surface area contributed by atoms with Crippen LogP contribution in [0.2, 0.25) is 0 Å². The Kier molecular flexibility index (Phi) is 9.56. The summed E-state index contributed by atoms with van der Waals surface area (Å²) >= 11 is 0. The Morgan fingerprint density at radius 3 is 1.95 bits per heavy atom. The van der Waals surface area contributed by atoms with Crippen LogP contribution in [-0.4, -0.2) is 6.61 Å². The molecule has 9 heteroatoms. The quantitative estimate of drug-likeness (QED) is 0.127. The van der Waals surface area contributed by atoms with Crippen LogP contribution >= 0.6 is 0 Å². The van der Waals surface area contributed by atoms with Gasteiger partial charge in [0.05, 0.1) is 6.61 Å². The summed E-state index contributed by atoms with van der Waals surface area (Å²) in [5, 5.41) is 0.824. The number of benzene rings is 4. The number of hydrogen-bond acceptors (Lipinski definition) is 1. The van der Waals surface area contributed by atoms with Crippen LogP contribution in [0, 0.1) is 29.1 Å². The summed E-state index contributed by atoms with van der Waals surface area (Å²) in [5.41, 5.74) is -1.09. The van der Waals surface area contributed by atoms with Gasteiger partial charge in [0, 0.05) is 23.1 Å². The number of aryl methyl sites for hydroxylation is 3. The predicted molar refractivity (Wildman–Crippen MR) is 141 cm³/mol. The van der Waals surface area contributed by atoms with Crippen LogP contribution in [0.1, 0.15) is 54.0 Å². The molecule has 0 amide bonds. The topological polar surface area (TPSA) is 9.23 Å². The number of halogens is 8. The first-order valence-electron chi connectivity index (χ1n) is 13.3. The van der Waals surface area contributed by atoms with Crippen molar-refractivity contribution in [1.29, 1.82) is 0 Å². The Hall–Kier alpha value is -3.62. The molecule has 0 aromatic heterocycles. The fourth-order valence-electron chi connectivity index (χ4n) is 4.77. The molecule has 0 unspecified atom stereocenters. The van der Waals surface area contributed by atoms with Gasteiger partial charge in [0.2, 0.25) is 0 Å². The van der Waals surface area contributed by atoms with E-state index in [0.717, 1.165) is 24.8 Å². The van der Waals surface area contributed by atoms with Crippen molar-refractivity contribution < 1.29 is 39.9 Å². The second-order valence-corrected chi connectivity index (χ2v) is 9.95. The minimum atomic E-state index is -5.16. The maximum atomic E-state index is 15.2. The van der Waals surface area contributed by atoms with Crippen LogP contribution in [0.15, 0.2) is 54.6 Å². The smallest absolute Gasteiger partial charge is 0.422 e. The van der Waals surface area contributed by atoms with E-state index in [-0.39, 0.29) is 47.1 Å². The molecule has 0 bridgehead atoms. The fraction of sp³-hybridized carbons (Fsp3) is 0.312. The summed E-state index contributed by atoms with van der Waals surface area (Å²) in [4.78, 5) is 0. The zero-order valence-electron chi connectivity index (χ0n) is 22.3. The van der Waals surface area contributed by atoms with Gasteiger partial charge in [0.25, 0.3) is 0 Å². The molecule has 0 aliphatic carbocycles. The lowest BCUT2D eigenvalue weighted by Crippen LogP contribution is -2.12. The molecule has 4 aromatic carbocycles. The zero-order chi connectivity index (χ0) is 29.7. The Bertz CT molecular complexity index is 1480. The Morgan fingerprint density at radius 2 is 1.32 bits per heavy atom. The Balaban J connectivity index is 1.43. The molecule has 4 rings (SSSR count). The highest BCUT2D eigenvalue weighted by Gasteiger charge is 2.37. The number of alkyl halides is 3. The molecule has 0 heterocycles. The van der Waals surface area contributed by atoms with E-state index in [2.05, 4.69) is 0 Å². The molecule has 4 aromatic rings. The molecule has 41 heavy (non-hydrogen) atoms. The van der Waals surface area contributed by atoms with Crippen LogP contribution in [-0.2, 0) is 31.9 Å². The van der Waals surface area contributed by atoms with Gasteiger partial charge >= 0.3 is 6.18 Å². The second-order valence-electron chi connectivity index (χ2n) is 9.95. The maximum absolute atomic E-state index is 15.2. The van der Waals surface area contributed by atoms with E-state index >= 15 is 4.39 Å². The van der Waals surface area contributed by atoms with Crippen molar-refractivity contribution in [3.63, 3.8) is 0 Å².